The molecule has 22 heavy (non-hydrogen) atoms. The quantitative estimate of drug-likeness (QED) is 0.582. The summed E-state index contributed by atoms with van der Waals surface area (Å²) in [6, 6.07) is 10.8. The van der Waals surface area contributed by atoms with E-state index in [-0.39, 0.29) is 11.1 Å². The van der Waals surface area contributed by atoms with Gasteiger partial charge in [0.25, 0.3) is 5.56 Å². The molecule has 1 heterocycles. The van der Waals surface area contributed by atoms with Crippen molar-refractivity contribution in [3.05, 3.63) is 52.3 Å². The Kier molecular flexibility index (Phi) is 5.49. The third kappa shape index (κ3) is 3.43. The Morgan fingerprint density at radius 3 is 2.41 bits per heavy atom. The van der Waals surface area contributed by atoms with Crippen LogP contribution < -0.4 is 10.3 Å². The number of pyridine rings is 1. The van der Waals surface area contributed by atoms with Gasteiger partial charge in [-0.25, -0.2) is 0 Å². The number of rotatable bonds is 7. The average Bonchev–Trinajstić information content (AvgIpc) is 2.56. The van der Waals surface area contributed by atoms with Gasteiger partial charge >= 0.3 is 0 Å². The summed E-state index contributed by atoms with van der Waals surface area (Å²) in [4.78, 5) is 23.4. The first kappa shape index (κ1) is 16.0. The number of carbonyl (C=O) groups excluding carboxylic acids is 1. The zero-order valence-electron chi connectivity index (χ0n) is 12.7. The first-order valence-electron chi connectivity index (χ1n) is 7.03. The molecule has 0 aliphatic rings. The lowest BCUT2D eigenvalue weighted by Crippen LogP contribution is -2.25. The van der Waals surface area contributed by atoms with Gasteiger partial charge in [-0.05, 0) is 48.4 Å². The molecule has 0 unspecified atom stereocenters. The van der Waals surface area contributed by atoms with E-state index in [4.69, 9.17) is 9.47 Å². The zero-order valence-corrected chi connectivity index (χ0v) is 12.7. The minimum absolute atomic E-state index is 0.162. The van der Waals surface area contributed by atoms with Crippen LogP contribution in [0.15, 0.2) is 41.2 Å². The summed E-state index contributed by atoms with van der Waals surface area (Å²) in [6.07, 6.45) is 1.29. The predicted molar refractivity (Wildman–Crippen MR) is 84.6 cm³/mol. The number of benzene rings is 1. The van der Waals surface area contributed by atoms with Crippen molar-refractivity contribution in [2.45, 2.75) is 13.0 Å². The minimum atomic E-state index is -0.278. The van der Waals surface area contributed by atoms with Gasteiger partial charge in [-0.2, -0.15) is 0 Å². The molecule has 0 bridgehead atoms. The maximum Gasteiger partial charge on any atom is 0.261 e. The molecule has 2 rings (SSSR count). The van der Waals surface area contributed by atoms with Gasteiger partial charge in [0, 0.05) is 20.3 Å². The second-order valence-corrected chi connectivity index (χ2v) is 4.82. The van der Waals surface area contributed by atoms with Crippen LogP contribution in [0.3, 0.4) is 0 Å². The molecule has 0 aliphatic heterocycles. The van der Waals surface area contributed by atoms with E-state index in [0.29, 0.717) is 25.9 Å². The fourth-order valence-corrected chi connectivity index (χ4v) is 2.29. The van der Waals surface area contributed by atoms with Crippen molar-refractivity contribution in [2.75, 3.05) is 20.8 Å². The topological polar surface area (TPSA) is 57.5 Å². The number of hydrogen-bond acceptors (Lipinski definition) is 4. The van der Waals surface area contributed by atoms with E-state index in [1.807, 2.05) is 24.3 Å². The molecule has 0 saturated carbocycles. The average molecular weight is 301 g/mol. The summed E-state index contributed by atoms with van der Waals surface area (Å²) >= 11 is 0. The molecule has 0 radical (unpaired) electrons. The van der Waals surface area contributed by atoms with E-state index in [0.717, 1.165) is 17.0 Å². The summed E-state index contributed by atoms with van der Waals surface area (Å²) in [6.45, 7) is 1.05. The Bertz CT molecular complexity index is 689. The monoisotopic (exact) mass is 301 g/mol. The van der Waals surface area contributed by atoms with Crippen LogP contribution in [0.25, 0.3) is 11.3 Å². The molecule has 0 aliphatic carbocycles. The molecule has 0 N–H and O–H groups in total. The number of aromatic nitrogens is 1. The summed E-state index contributed by atoms with van der Waals surface area (Å²) < 4.78 is 11.8. The zero-order chi connectivity index (χ0) is 15.9. The Morgan fingerprint density at radius 1 is 1.09 bits per heavy atom. The molecular weight excluding hydrogens is 282 g/mol. The van der Waals surface area contributed by atoms with Gasteiger partial charge in [0.2, 0.25) is 0 Å². The van der Waals surface area contributed by atoms with Crippen molar-refractivity contribution >= 4 is 6.29 Å². The van der Waals surface area contributed by atoms with Gasteiger partial charge < -0.3 is 14.0 Å². The van der Waals surface area contributed by atoms with E-state index < -0.39 is 0 Å². The molecule has 0 saturated heterocycles. The van der Waals surface area contributed by atoms with Crippen LogP contribution in [0.1, 0.15) is 16.8 Å². The number of methoxy groups -OCH3 is 2. The summed E-state index contributed by atoms with van der Waals surface area (Å²) in [5.41, 5.74) is 1.55. The van der Waals surface area contributed by atoms with Crippen LogP contribution in [-0.4, -0.2) is 31.7 Å². The third-order valence-corrected chi connectivity index (χ3v) is 3.45. The fraction of sp³-hybridized carbons (Fsp3) is 0.294. The van der Waals surface area contributed by atoms with Gasteiger partial charge in [-0.1, -0.05) is 0 Å². The molecule has 0 fully saturated rings. The van der Waals surface area contributed by atoms with Crippen molar-refractivity contribution in [2.24, 2.45) is 0 Å². The molecule has 0 amide bonds. The highest BCUT2D eigenvalue weighted by Gasteiger charge is 2.10. The molecule has 1 aromatic heterocycles. The maximum absolute atomic E-state index is 12.4. The SMILES string of the molecule is COCCCn1c(-c2ccc(OC)cc2)ccc(C=O)c1=O. The molecule has 5 heteroatoms. The van der Waals surface area contributed by atoms with E-state index in [9.17, 15) is 9.59 Å². The largest absolute Gasteiger partial charge is 0.497 e. The normalized spacial score (nSPS) is 10.5. The summed E-state index contributed by atoms with van der Waals surface area (Å²) in [7, 11) is 3.23. The lowest BCUT2D eigenvalue weighted by molar-refractivity contribution is 0.112. The molecule has 5 nitrogen and oxygen atoms in total. The van der Waals surface area contributed by atoms with Gasteiger partial charge in [0.1, 0.15) is 5.75 Å². The van der Waals surface area contributed by atoms with Crippen LogP contribution in [0.5, 0.6) is 5.75 Å². The number of aldehydes is 1. The smallest absolute Gasteiger partial charge is 0.261 e. The van der Waals surface area contributed by atoms with Crippen molar-refractivity contribution < 1.29 is 14.3 Å². The highest BCUT2D eigenvalue weighted by atomic mass is 16.5. The Labute approximate surface area is 129 Å². The van der Waals surface area contributed by atoms with Gasteiger partial charge in [0.05, 0.1) is 18.4 Å². The van der Waals surface area contributed by atoms with Crippen LogP contribution in [0, 0.1) is 0 Å². The molecule has 0 atom stereocenters. The van der Waals surface area contributed by atoms with Crippen molar-refractivity contribution in [3.8, 4) is 17.0 Å². The first-order valence-corrected chi connectivity index (χ1v) is 7.03. The predicted octanol–water partition coefficient (Wildman–Crippen LogP) is 2.37. The third-order valence-electron chi connectivity index (χ3n) is 3.45. The van der Waals surface area contributed by atoms with Crippen LogP contribution in [0.4, 0.5) is 0 Å². The molecule has 0 spiro atoms. The van der Waals surface area contributed by atoms with E-state index in [2.05, 4.69) is 0 Å². The first-order chi connectivity index (χ1) is 10.7. The Hall–Kier alpha value is -2.40. The number of hydrogen-bond donors (Lipinski definition) is 0. The number of carbonyl (C=O) groups is 1. The molecule has 116 valence electrons. The van der Waals surface area contributed by atoms with Crippen molar-refractivity contribution in [1.29, 1.82) is 0 Å². The van der Waals surface area contributed by atoms with Gasteiger partial charge in [0.15, 0.2) is 6.29 Å². The van der Waals surface area contributed by atoms with Crippen molar-refractivity contribution in [3.63, 3.8) is 0 Å². The molecular formula is C17H19NO4. The van der Waals surface area contributed by atoms with Gasteiger partial charge in [-0.3, -0.25) is 9.59 Å². The fourth-order valence-electron chi connectivity index (χ4n) is 2.29. The highest BCUT2D eigenvalue weighted by molar-refractivity contribution is 5.75. The molecule has 2 aromatic rings. The Morgan fingerprint density at radius 2 is 1.82 bits per heavy atom. The van der Waals surface area contributed by atoms with E-state index >= 15 is 0 Å². The van der Waals surface area contributed by atoms with Gasteiger partial charge in [-0.15, -0.1) is 0 Å². The molecule has 1 aromatic carbocycles. The number of nitrogens with zero attached hydrogens (tertiary/aromatic N) is 1. The summed E-state index contributed by atoms with van der Waals surface area (Å²) in [5.74, 6) is 0.751. The lowest BCUT2D eigenvalue weighted by atomic mass is 10.1. The highest BCUT2D eigenvalue weighted by Crippen LogP contribution is 2.22. The van der Waals surface area contributed by atoms with Crippen LogP contribution in [-0.2, 0) is 11.3 Å². The second kappa shape index (κ2) is 7.56. The Balaban J connectivity index is 2.46. The van der Waals surface area contributed by atoms with E-state index in [1.54, 1.807) is 30.9 Å². The van der Waals surface area contributed by atoms with E-state index in [1.165, 1.54) is 0 Å². The van der Waals surface area contributed by atoms with Crippen molar-refractivity contribution in [1.82, 2.24) is 4.57 Å². The standard InChI is InChI=1S/C17H19NO4/c1-21-11-3-10-18-16(9-6-14(12-19)17(18)20)13-4-7-15(22-2)8-5-13/h4-9,12H,3,10-11H2,1-2H3. The van der Waals surface area contributed by atoms with Crippen LogP contribution >= 0.6 is 0 Å². The number of ether oxygens (including phenoxy) is 2. The van der Waals surface area contributed by atoms with Crippen LogP contribution in [0.2, 0.25) is 0 Å². The lowest BCUT2D eigenvalue weighted by Gasteiger charge is -2.14. The minimum Gasteiger partial charge on any atom is -0.497 e. The second-order valence-electron chi connectivity index (χ2n) is 4.82. The summed E-state index contributed by atoms with van der Waals surface area (Å²) in [5, 5.41) is 0. The maximum atomic E-state index is 12.4.